The average Bonchev–Trinajstić information content (AvgIpc) is 3.38. The van der Waals surface area contributed by atoms with Crippen LogP contribution in [0.15, 0.2) is 61.2 Å². The smallest absolute Gasteiger partial charge is 0.233 e. The van der Waals surface area contributed by atoms with Crippen LogP contribution < -0.4 is 4.74 Å². The number of hydrogen-bond acceptors (Lipinski definition) is 5. The summed E-state index contributed by atoms with van der Waals surface area (Å²) in [6, 6.07) is 13.9. The molecule has 3 heterocycles. The Balaban J connectivity index is 1.58. The first-order valence-electron chi connectivity index (χ1n) is 8.78. The van der Waals surface area contributed by atoms with E-state index in [-0.39, 0.29) is 0 Å². The van der Waals surface area contributed by atoms with Crippen LogP contribution in [0, 0.1) is 0 Å². The number of benzene rings is 1. The Bertz CT molecular complexity index is 1030. The van der Waals surface area contributed by atoms with Gasteiger partial charge in [-0.2, -0.15) is 5.10 Å². The fourth-order valence-electron chi connectivity index (χ4n) is 2.95. The summed E-state index contributed by atoms with van der Waals surface area (Å²) in [6.45, 7) is 3.69. The molecule has 0 saturated carbocycles. The van der Waals surface area contributed by atoms with E-state index in [4.69, 9.17) is 9.84 Å². The molecule has 1 aromatic carbocycles. The van der Waals surface area contributed by atoms with E-state index in [1.54, 1.807) is 13.2 Å². The largest absolute Gasteiger partial charge is 0.480 e. The monoisotopic (exact) mass is 360 g/mol. The molecule has 4 aromatic rings. The van der Waals surface area contributed by atoms with Gasteiger partial charge in [0.25, 0.3) is 0 Å². The summed E-state index contributed by atoms with van der Waals surface area (Å²) in [6.07, 6.45) is 5.72. The van der Waals surface area contributed by atoms with Crippen molar-refractivity contribution in [3.05, 3.63) is 66.9 Å². The lowest BCUT2D eigenvalue weighted by Crippen LogP contribution is -2.06. The molecule has 0 fully saturated rings. The normalized spacial score (nSPS) is 10.9. The molecular weight excluding hydrogens is 340 g/mol. The molecule has 7 nitrogen and oxygen atoms in total. The third-order valence-electron chi connectivity index (χ3n) is 4.41. The van der Waals surface area contributed by atoms with Crippen molar-refractivity contribution in [3.63, 3.8) is 0 Å². The standard InChI is InChI=1S/C20H20N6O/c1-3-25-14-21-12-17(25)13-26-10-9-19(24-26)16-6-4-5-15(11-16)18-7-8-20(27-2)23-22-18/h4-12,14H,3,13H2,1-2H3. The highest BCUT2D eigenvalue weighted by Crippen LogP contribution is 2.24. The summed E-state index contributed by atoms with van der Waals surface area (Å²) >= 11 is 0. The third-order valence-corrected chi connectivity index (χ3v) is 4.41. The molecule has 27 heavy (non-hydrogen) atoms. The SMILES string of the molecule is CCn1cncc1Cn1ccc(-c2cccc(-c3ccc(OC)nn3)c2)n1. The van der Waals surface area contributed by atoms with E-state index in [2.05, 4.69) is 32.7 Å². The zero-order valence-electron chi connectivity index (χ0n) is 15.3. The van der Waals surface area contributed by atoms with Crippen LogP contribution >= 0.6 is 0 Å². The van der Waals surface area contributed by atoms with Crippen LogP contribution in [0.2, 0.25) is 0 Å². The molecule has 0 aliphatic rings. The van der Waals surface area contributed by atoms with Gasteiger partial charge in [0, 0.05) is 29.9 Å². The molecule has 0 atom stereocenters. The van der Waals surface area contributed by atoms with Crippen molar-refractivity contribution in [1.29, 1.82) is 0 Å². The molecule has 4 rings (SSSR count). The van der Waals surface area contributed by atoms with Crippen molar-refractivity contribution in [1.82, 2.24) is 29.5 Å². The molecule has 0 unspecified atom stereocenters. The van der Waals surface area contributed by atoms with Gasteiger partial charge < -0.3 is 9.30 Å². The number of aryl methyl sites for hydroxylation is 1. The van der Waals surface area contributed by atoms with E-state index in [9.17, 15) is 0 Å². The molecule has 0 saturated heterocycles. The first-order chi connectivity index (χ1) is 13.3. The minimum atomic E-state index is 0.500. The summed E-state index contributed by atoms with van der Waals surface area (Å²) in [5.74, 6) is 0.500. The fraction of sp³-hybridized carbons (Fsp3) is 0.200. The van der Waals surface area contributed by atoms with Gasteiger partial charge in [-0.15, -0.1) is 10.2 Å². The minimum absolute atomic E-state index is 0.500. The van der Waals surface area contributed by atoms with Crippen LogP contribution in [-0.4, -0.2) is 36.6 Å². The topological polar surface area (TPSA) is 70.7 Å². The summed E-state index contributed by atoms with van der Waals surface area (Å²) < 4.78 is 9.11. The first-order valence-corrected chi connectivity index (χ1v) is 8.78. The predicted molar refractivity (Wildman–Crippen MR) is 102 cm³/mol. The molecule has 0 spiro atoms. The van der Waals surface area contributed by atoms with E-state index in [1.807, 2.05) is 53.7 Å². The number of nitrogens with zero attached hydrogens (tertiary/aromatic N) is 6. The lowest BCUT2D eigenvalue weighted by molar-refractivity contribution is 0.392. The fourth-order valence-corrected chi connectivity index (χ4v) is 2.95. The molecule has 3 aromatic heterocycles. The van der Waals surface area contributed by atoms with Crippen LogP contribution in [-0.2, 0) is 13.1 Å². The van der Waals surface area contributed by atoms with Crippen molar-refractivity contribution >= 4 is 0 Å². The molecule has 0 aliphatic carbocycles. The van der Waals surface area contributed by atoms with Crippen LogP contribution in [0.25, 0.3) is 22.5 Å². The van der Waals surface area contributed by atoms with Crippen LogP contribution in [0.4, 0.5) is 0 Å². The van der Waals surface area contributed by atoms with Gasteiger partial charge in [0.15, 0.2) is 0 Å². The van der Waals surface area contributed by atoms with Crippen molar-refractivity contribution in [3.8, 4) is 28.4 Å². The Kier molecular flexibility index (Phi) is 4.65. The molecular formula is C20H20N6O. The first kappa shape index (κ1) is 17.0. The van der Waals surface area contributed by atoms with Gasteiger partial charge in [-0.25, -0.2) is 4.98 Å². The van der Waals surface area contributed by atoms with E-state index in [0.717, 1.165) is 34.8 Å². The number of aromatic nitrogens is 6. The van der Waals surface area contributed by atoms with Crippen LogP contribution in [0.5, 0.6) is 5.88 Å². The van der Waals surface area contributed by atoms with Crippen LogP contribution in [0.1, 0.15) is 12.6 Å². The van der Waals surface area contributed by atoms with Gasteiger partial charge in [0.05, 0.1) is 43.3 Å². The van der Waals surface area contributed by atoms with Crippen molar-refractivity contribution in [2.45, 2.75) is 20.0 Å². The number of imidazole rings is 1. The Labute approximate surface area is 157 Å². The maximum atomic E-state index is 5.07. The van der Waals surface area contributed by atoms with Gasteiger partial charge in [-0.1, -0.05) is 18.2 Å². The molecule has 0 bridgehead atoms. The summed E-state index contributed by atoms with van der Waals surface area (Å²) in [5, 5.41) is 13.0. The highest BCUT2D eigenvalue weighted by atomic mass is 16.5. The molecule has 0 radical (unpaired) electrons. The van der Waals surface area contributed by atoms with Crippen LogP contribution in [0.3, 0.4) is 0 Å². The van der Waals surface area contributed by atoms with Crippen molar-refractivity contribution < 1.29 is 4.74 Å². The quantitative estimate of drug-likeness (QED) is 0.528. The molecule has 0 aliphatic heterocycles. The van der Waals surface area contributed by atoms with Gasteiger partial charge >= 0.3 is 0 Å². The molecule has 0 amide bonds. The second-order valence-corrected chi connectivity index (χ2v) is 6.11. The van der Waals surface area contributed by atoms with Gasteiger partial charge in [0.2, 0.25) is 5.88 Å². The molecule has 0 N–H and O–H groups in total. The van der Waals surface area contributed by atoms with E-state index in [0.29, 0.717) is 12.4 Å². The van der Waals surface area contributed by atoms with Crippen molar-refractivity contribution in [2.24, 2.45) is 0 Å². The number of hydrogen-bond donors (Lipinski definition) is 0. The Morgan fingerprint density at radius 2 is 1.85 bits per heavy atom. The second-order valence-electron chi connectivity index (χ2n) is 6.11. The molecule has 7 heteroatoms. The summed E-state index contributed by atoms with van der Waals surface area (Å²) in [5.41, 5.74) is 4.87. The van der Waals surface area contributed by atoms with E-state index >= 15 is 0 Å². The number of ether oxygens (including phenoxy) is 1. The van der Waals surface area contributed by atoms with Crippen molar-refractivity contribution in [2.75, 3.05) is 7.11 Å². The lowest BCUT2D eigenvalue weighted by Gasteiger charge is -2.05. The maximum Gasteiger partial charge on any atom is 0.233 e. The predicted octanol–water partition coefficient (Wildman–Crippen LogP) is 3.28. The Morgan fingerprint density at radius 1 is 1.00 bits per heavy atom. The van der Waals surface area contributed by atoms with Gasteiger partial charge in [0.1, 0.15) is 0 Å². The second kappa shape index (κ2) is 7.41. The maximum absolute atomic E-state index is 5.07. The Hall–Kier alpha value is -3.48. The number of methoxy groups -OCH3 is 1. The van der Waals surface area contributed by atoms with E-state index < -0.39 is 0 Å². The number of rotatable bonds is 6. The van der Waals surface area contributed by atoms with E-state index in [1.165, 1.54) is 0 Å². The lowest BCUT2D eigenvalue weighted by atomic mass is 10.1. The highest BCUT2D eigenvalue weighted by molar-refractivity contribution is 5.69. The van der Waals surface area contributed by atoms with Gasteiger partial charge in [-0.05, 0) is 25.1 Å². The highest BCUT2D eigenvalue weighted by Gasteiger charge is 2.08. The molecule has 136 valence electrons. The van der Waals surface area contributed by atoms with Gasteiger partial charge in [-0.3, -0.25) is 4.68 Å². The zero-order chi connectivity index (χ0) is 18.6. The third kappa shape index (κ3) is 3.57. The summed E-state index contributed by atoms with van der Waals surface area (Å²) in [7, 11) is 1.58. The summed E-state index contributed by atoms with van der Waals surface area (Å²) in [4.78, 5) is 4.21. The average molecular weight is 360 g/mol. The Morgan fingerprint density at radius 3 is 2.59 bits per heavy atom. The zero-order valence-corrected chi connectivity index (χ0v) is 15.3. The minimum Gasteiger partial charge on any atom is -0.480 e.